The molecule has 4 unspecified atom stereocenters. The molecule has 0 saturated heterocycles. The van der Waals surface area contributed by atoms with Crippen molar-refractivity contribution >= 4 is 70.7 Å². The minimum atomic E-state index is -1.14. The van der Waals surface area contributed by atoms with Gasteiger partial charge in [0.25, 0.3) is 0 Å². The van der Waals surface area contributed by atoms with Gasteiger partial charge in [0.15, 0.2) is 0 Å². The van der Waals surface area contributed by atoms with Crippen LogP contribution >= 0.6 is 36.2 Å². The number of amides is 3. The van der Waals surface area contributed by atoms with E-state index in [2.05, 4.69) is 33.6 Å². The number of H-pyrrole nitrogens is 1. The first-order valence-corrected chi connectivity index (χ1v) is 15.2. The highest BCUT2D eigenvalue weighted by atomic mass is 32.2. The number of hydrogen-bond donors (Lipinski definition) is 7. The third-order valence-electron chi connectivity index (χ3n) is 5.74. The van der Waals surface area contributed by atoms with Crippen molar-refractivity contribution in [1.82, 2.24) is 20.9 Å². The summed E-state index contributed by atoms with van der Waals surface area (Å²) >= 11 is 7.16. The van der Waals surface area contributed by atoms with Crippen LogP contribution in [0.1, 0.15) is 18.4 Å². The highest BCUT2D eigenvalue weighted by Crippen LogP contribution is 2.18. The molecule has 2 aromatic rings. The Kier molecular flexibility index (Phi) is 13.2. The molecule has 2 rings (SSSR count). The standard InChI is InChI=1S/C24H35N5O5S3/c1-36-9-7-18(22(31)28-19(24(33)34)8-10-37-2)27-23(32)20(13-35)29-21(30)16(25)11-14-12-26-17-6-4-3-5-15(14)17/h3-6,12,16,18-20,26,35H,7-11,13,25H2,1-2H3,(H,27,32)(H,28,31)(H,29,30)(H,33,34). The fourth-order valence-corrected chi connectivity index (χ4v) is 4.85. The molecule has 10 nitrogen and oxygen atoms in total. The van der Waals surface area contributed by atoms with Crippen molar-refractivity contribution in [2.24, 2.45) is 5.73 Å². The van der Waals surface area contributed by atoms with Gasteiger partial charge in [0.05, 0.1) is 6.04 Å². The fourth-order valence-electron chi connectivity index (χ4n) is 3.65. The smallest absolute Gasteiger partial charge is 0.326 e. The lowest BCUT2D eigenvalue weighted by Gasteiger charge is -2.24. The molecule has 0 aliphatic heterocycles. The number of rotatable bonds is 16. The molecule has 0 spiro atoms. The lowest BCUT2D eigenvalue weighted by atomic mass is 10.0. The number of thiol groups is 1. The van der Waals surface area contributed by atoms with Gasteiger partial charge in [-0.2, -0.15) is 36.2 Å². The van der Waals surface area contributed by atoms with Crippen molar-refractivity contribution < 1.29 is 24.3 Å². The van der Waals surface area contributed by atoms with Crippen molar-refractivity contribution in [1.29, 1.82) is 0 Å². The molecule has 1 heterocycles. The molecule has 0 saturated carbocycles. The lowest BCUT2D eigenvalue weighted by Crippen LogP contribution is -2.58. The summed E-state index contributed by atoms with van der Waals surface area (Å²) in [5.41, 5.74) is 7.95. The number of carboxylic acids is 1. The first-order chi connectivity index (χ1) is 17.7. The van der Waals surface area contributed by atoms with E-state index in [4.69, 9.17) is 5.73 Å². The zero-order valence-electron chi connectivity index (χ0n) is 20.9. The molecule has 0 fully saturated rings. The van der Waals surface area contributed by atoms with E-state index in [1.165, 1.54) is 23.5 Å². The third kappa shape index (κ3) is 9.47. The Balaban J connectivity index is 2.02. The van der Waals surface area contributed by atoms with Gasteiger partial charge in [-0.15, -0.1) is 0 Å². The third-order valence-corrected chi connectivity index (χ3v) is 7.39. The average Bonchev–Trinajstić information content (AvgIpc) is 3.29. The Hall–Kier alpha value is -2.35. The van der Waals surface area contributed by atoms with E-state index in [0.29, 0.717) is 17.9 Å². The number of nitrogens with two attached hydrogens (primary N) is 1. The zero-order chi connectivity index (χ0) is 27.4. The van der Waals surface area contributed by atoms with Gasteiger partial charge >= 0.3 is 5.97 Å². The first-order valence-electron chi connectivity index (χ1n) is 11.7. The Morgan fingerprint density at radius 1 is 0.946 bits per heavy atom. The number of benzene rings is 1. The van der Waals surface area contributed by atoms with Gasteiger partial charge in [0.2, 0.25) is 17.7 Å². The number of aliphatic carboxylic acids is 1. The number of carbonyl (C=O) groups is 4. The van der Waals surface area contributed by atoms with Crippen LogP contribution in [-0.2, 0) is 25.6 Å². The molecule has 7 N–H and O–H groups in total. The number of nitrogens with one attached hydrogen (secondary N) is 4. The maximum atomic E-state index is 13.0. The largest absolute Gasteiger partial charge is 0.480 e. The van der Waals surface area contributed by atoms with Crippen LogP contribution in [0.2, 0.25) is 0 Å². The first kappa shape index (κ1) is 30.9. The number of para-hydroxylation sites is 1. The molecule has 13 heteroatoms. The lowest BCUT2D eigenvalue weighted by molar-refractivity contribution is -0.142. The summed E-state index contributed by atoms with van der Waals surface area (Å²) in [6.07, 6.45) is 6.33. The van der Waals surface area contributed by atoms with Gasteiger partial charge in [-0.25, -0.2) is 4.79 Å². The molecule has 1 aromatic carbocycles. The van der Waals surface area contributed by atoms with Crippen LogP contribution in [0.25, 0.3) is 10.9 Å². The van der Waals surface area contributed by atoms with Crippen molar-refractivity contribution in [3.63, 3.8) is 0 Å². The van der Waals surface area contributed by atoms with Crippen LogP contribution in [0.3, 0.4) is 0 Å². The highest BCUT2D eigenvalue weighted by Gasteiger charge is 2.29. The Morgan fingerprint density at radius 2 is 1.51 bits per heavy atom. The highest BCUT2D eigenvalue weighted by molar-refractivity contribution is 7.98. The number of carbonyl (C=O) groups excluding carboxylic acids is 3. The molecule has 4 atom stereocenters. The molecular formula is C24H35N5O5S3. The van der Waals surface area contributed by atoms with Gasteiger partial charge < -0.3 is 31.8 Å². The van der Waals surface area contributed by atoms with E-state index < -0.39 is 47.9 Å². The average molecular weight is 570 g/mol. The molecule has 0 bridgehead atoms. The van der Waals surface area contributed by atoms with Crippen LogP contribution in [0.15, 0.2) is 30.5 Å². The summed E-state index contributed by atoms with van der Waals surface area (Å²) in [6, 6.07) is 3.72. The summed E-state index contributed by atoms with van der Waals surface area (Å²) in [5, 5.41) is 18.2. The molecule has 204 valence electrons. The Morgan fingerprint density at radius 3 is 2.14 bits per heavy atom. The zero-order valence-corrected chi connectivity index (χ0v) is 23.4. The molecular weight excluding hydrogens is 534 g/mol. The van der Waals surface area contributed by atoms with Gasteiger partial charge in [-0.1, -0.05) is 18.2 Å². The predicted molar refractivity (Wildman–Crippen MR) is 153 cm³/mol. The molecule has 0 radical (unpaired) electrons. The van der Waals surface area contributed by atoms with Crippen LogP contribution in [0.4, 0.5) is 0 Å². The maximum Gasteiger partial charge on any atom is 0.326 e. The second-order valence-electron chi connectivity index (χ2n) is 8.44. The number of aromatic amines is 1. The summed E-state index contributed by atoms with van der Waals surface area (Å²) in [5.74, 6) is -1.73. The molecule has 1 aromatic heterocycles. The van der Waals surface area contributed by atoms with Crippen molar-refractivity contribution in [2.75, 3.05) is 29.8 Å². The summed E-state index contributed by atoms with van der Waals surface area (Å²) in [4.78, 5) is 53.3. The quantitative estimate of drug-likeness (QED) is 0.147. The maximum absolute atomic E-state index is 13.0. The van der Waals surface area contributed by atoms with E-state index in [-0.39, 0.29) is 18.6 Å². The minimum absolute atomic E-state index is 0.0142. The van der Waals surface area contributed by atoms with E-state index in [0.717, 1.165) is 16.5 Å². The van der Waals surface area contributed by atoms with Crippen LogP contribution < -0.4 is 21.7 Å². The van der Waals surface area contributed by atoms with E-state index in [9.17, 15) is 24.3 Å². The van der Waals surface area contributed by atoms with Crippen LogP contribution in [-0.4, -0.2) is 87.7 Å². The van der Waals surface area contributed by atoms with Gasteiger partial charge in [0, 0.05) is 22.9 Å². The van der Waals surface area contributed by atoms with Crippen molar-refractivity contribution in [3.05, 3.63) is 36.0 Å². The van der Waals surface area contributed by atoms with Crippen molar-refractivity contribution in [3.8, 4) is 0 Å². The van der Waals surface area contributed by atoms with Gasteiger partial charge in [-0.05, 0) is 54.9 Å². The van der Waals surface area contributed by atoms with Gasteiger partial charge in [-0.3, -0.25) is 14.4 Å². The molecule has 37 heavy (non-hydrogen) atoms. The normalized spacial score (nSPS) is 14.4. The Bertz CT molecular complexity index is 1070. The van der Waals surface area contributed by atoms with E-state index >= 15 is 0 Å². The number of hydrogen-bond acceptors (Lipinski definition) is 8. The number of fused-ring (bicyclic) bond motifs is 1. The minimum Gasteiger partial charge on any atom is -0.480 e. The summed E-state index contributed by atoms with van der Waals surface area (Å²) < 4.78 is 0. The second-order valence-corrected chi connectivity index (χ2v) is 10.8. The van der Waals surface area contributed by atoms with Crippen molar-refractivity contribution in [2.45, 2.75) is 43.4 Å². The SMILES string of the molecule is CSCCC(NC(=O)C(CCSC)NC(=O)C(CS)NC(=O)C(N)Cc1c[nH]c2ccccc12)C(=O)O. The fraction of sp³-hybridized carbons (Fsp3) is 0.500. The molecule has 0 aliphatic rings. The van der Waals surface area contributed by atoms with E-state index in [1.807, 2.05) is 36.8 Å². The predicted octanol–water partition coefficient (Wildman–Crippen LogP) is 1.01. The molecule has 0 aliphatic carbocycles. The summed E-state index contributed by atoms with van der Waals surface area (Å²) in [7, 11) is 0. The second kappa shape index (κ2) is 15.8. The Labute approximate surface area is 230 Å². The number of carboxylic acid groups (broad SMARTS) is 1. The number of aromatic nitrogens is 1. The van der Waals surface area contributed by atoms with E-state index in [1.54, 1.807) is 6.20 Å². The number of thioether (sulfide) groups is 2. The summed E-state index contributed by atoms with van der Waals surface area (Å²) in [6.45, 7) is 0. The van der Waals surface area contributed by atoms with Crippen LogP contribution in [0.5, 0.6) is 0 Å². The monoisotopic (exact) mass is 569 g/mol. The topological polar surface area (TPSA) is 166 Å². The van der Waals surface area contributed by atoms with Crippen LogP contribution in [0, 0.1) is 0 Å². The molecule has 3 amide bonds. The van der Waals surface area contributed by atoms with Gasteiger partial charge in [0.1, 0.15) is 18.1 Å².